The first-order chi connectivity index (χ1) is 40.4. The third-order valence-electron chi connectivity index (χ3n) is 14.7. The molecule has 10 heteroatoms. The van der Waals surface area contributed by atoms with Gasteiger partial charge < -0.3 is 19.4 Å². The van der Waals surface area contributed by atoms with Gasteiger partial charge in [0.2, 0.25) is 5.91 Å². The van der Waals surface area contributed by atoms with Gasteiger partial charge in [0.15, 0.2) is 0 Å². The highest BCUT2D eigenvalue weighted by atomic mass is 31.2. The summed E-state index contributed by atoms with van der Waals surface area (Å²) in [5.74, 6) is -0.532. The van der Waals surface area contributed by atoms with E-state index in [1.165, 1.54) is 135 Å². The molecule has 0 aliphatic rings. The Morgan fingerprint density at radius 1 is 0.434 bits per heavy atom. The summed E-state index contributed by atoms with van der Waals surface area (Å²) in [4.78, 5) is 37.9. The van der Waals surface area contributed by atoms with Gasteiger partial charge in [-0.1, -0.05) is 272 Å². The van der Waals surface area contributed by atoms with Crippen LogP contribution in [-0.4, -0.2) is 74.3 Å². The van der Waals surface area contributed by atoms with Gasteiger partial charge in [0.1, 0.15) is 19.3 Å². The highest BCUT2D eigenvalue weighted by molar-refractivity contribution is 7.47. The van der Waals surface area contributed by atoms with E-state index in [2.05, 4.69) is 123 Å². The lowest BCUT2D eigenvalue weighted by molar-refractivity contribution is -0.870. The summed E-state index contributed by atoms with van der Waals surface area (Å²) in [5, 5.41) is 3.06. The Morgan fingerprint density at radius 3 is 1.18 bits per heavy atom. The van der Waals surface area contributed by atoms with E-state index in [0.717, 1.165) is 122 Å². The average Bonchev–Trinajstić information content (AvgIpc) is 3.46. The van der Waals surface area contributed by atoms with Crippen LogP contribution < -0.4 is 5.32 Å². The van der Waals surface area contributed by atoms with Crippen molar-refractivity contribution in [1.29, 1.82) is 0 Å². The number of phosphoric acid groups is 1. The van der Waals surface area contributed by atoms with Gasteiger partial charge in [0.05, 0.1) is 33.8 Å². The number of rotatable bonds is 61. The third kappa shape index (κ3) is 63.0. The van der Waals surface area contributed by atoms with Gasteiger partial charge >= 0.3 is 13.8 Å². The van der Waals surface area contributed by atoms with Crippen LogP contribution in [0.2, 0.25) is 0 Å². The molecule has 0 rings (SSSR count). The van der Waals surface area contributed by atoms with Crippen LogP contribution in [0.25, 0.3) is 0 Å². The molecule has 0 fully saturated rings. The largest absolute Gasteiger partial charge is 0.472 e. The predicted octanol–water partition coefficient (Wildman–Crippen LogP) is 21.7. The minimum Gasteiger partial charge on any atom is -0.456 e. The third-order valence-corrected chi connectivity index (χ3v) is 15.7. The molecule has 0 aromatic heterocycles. The number of unbranched alkanes of at least 4 members (excludes halogenated alkanes) is 29. The predicted molar refractivity (Wildman–Crippen MR) is 360 cm³/mol. The molecule has 1 amide bonds. The summed E-state index contributed by atoms with van der Waals surface area (Å²) in [6.45, 7) is 6.86. The summed E-state index contributed by atoms with van der Waals surface area (Å²) in [6.07, 6.45) is 85.1. The zero-order chi connectivity index (χ0) is 60.7. The molecule has 0 aliphatic carbocycles. The van der Waals surface area contributed by atoms with Crippen molar-refractivity contribution in [3.63, 3.8) is 0 Å². The molecule has 2 N–H and O–H groups in total. The van der Waals surface area contributed by atoms with Gasteiger partial charge in [-0.15, -0.1) is 0 Å². The number of carbonyl (C=O) groups excluding carboxylic acids is 2. The minimum atomic E-state index is -4.47. The van der Waals surface area contributed by atoms with Crippen molar-refractivity contribution in [3.8, 4) is 0 Å². The molecular formula is C73H130N2O7P+. The minimum absolute atomic E-state index is 0.0304. The summed E-state index contributed by atoms with van der Waals surface area (Å²) >= 11 is 0. The number of ether oxygens (including phenoxy) is 1. The first-order valence-electron chi connectivity index (χ1n) is 34.2. The van der Waals surface area contributed by atoms with Crippen LogP contribution in [0.4, 0.5) is 0 Å². The van der Waals surface area contributed by atoms with Crippen LogP contribution in [0.15, 0.2) is 109 Å². The summed E-state index contributed by atoms with van der Waals surface area (Å²) in [7, 11) is 1.47. The molecular weight excluding hydrogens is 1050 g/mol. The Labute approximate surface area is 512 Å². The molecule has 0 bridgehead atoms. The first-order valence-corrected chi connectivity index (χ1v) is 35.7. The molecule has 0 spiro atoms. The number of allylic oxidation sites excluding steroid dienone is 17. The van der Waals surface area contributed by atoms with Crippen LogP contribution in [0.3, 0.4) is 0 Å². The van der Waals surface area contributed by atoms with E-state index in [9.17, 15) is 19.0 Å². The second-order valence-electron chi connectivity index (χ2n) is 24.0. The lowest BCUT2D eigenvalue weighted by Gasteiger charge is -2.27. The SMILES string of the molecule is CC/C=C\C/C=C\C/C=C\C/C=C\C/C=C\CCCCCCCC(=O)NC(COP(=O)(O)OCC[N+](C)(C)C)C(/C=C/CCCCCCCCCCCCC)OC(=O)CCCCCCCCCCCC/C=C\C/C=C\C/C=C\CCCCC. The van der Waals surface area contributed by atoms with Gasteiger partial charge in [0, 0.05) is 12.8 Å². The monoisotopic (exact) mass is 1180 g/mol. The highest BCUT2D eigenvalue weighted by Gasteiger charge is 2.30. The number of esters is 1. The fourth-order valence-corrected chi connectivity index (χ4v) is 10.2. The normalized spacial score (nSPS) is 14.3. The maximum Gasteiger partial charge on any atom is 0.472 e. The number of phosphoric ester groups is 1. The van der Waals surface area contributed by atoms with Crippen molar-refractivity contribution >= 4 is 19.7 Å². The van der Waals surface area contributed by atoms with Gasteiger partial charge in [-0.05, 0) is 115 Å². The Kier molecular flexibility index (Phi) is 59.3. The molecule has 0 saturated heterocycles. The van der Waals surface area contributed by atoms with E-state index in [0.29, 0.717) is 17.4 Å². The zero-order valence-electron chi connectivity index (χ0n) is 54.7. The summed E-state index contributed by atoms with van der Waals surface area (Å²) in [5.41, 5.74) is 0. The van der Waals surface area contributed by atoms with Crippen molar-refractivity contribution in [2.45, 2.75) is 303 Å². The molecule has 0 aliphatic heterocycles. The maximum absolute atomic E-state index is 13.6. The van der Waals surface area contributed by atoms with Gasteiger partial charge in [0.25, 0.3) is 0 Å². The molecule has 9 nitrogen and oxygen atoms in total. The zero-order valence-corrected chi connectivity index (χ0v) is 55.6. The maximum atomic E-state index is 13.6. The van der Waals surface area contributed by atoms with Crippen molar-refractivity contribution in [1.82, 2.24) is 5.32 Å². The van der Waals surface area contributed by atoms with E-state index in [4.69, 9.17) is 13.8 Å². The molecule has 0 saturated carbocycles. The molecule has 478 valence electrons. The standard InChI is InChI=1S/C73H129N2O7P/c1-7-10-13-16-19-22-25-28-30-32-34-36-37-39-41-43-45-48-51-54-57-60-63-66-73(77)82-71(64-61-58-55-52-49-46-27-24-21-18-15-12-9-3)70(69-81-83(78,79)80-68-67-75(4,5)6)74-72(76)65-62-59-56-53-50-47-44-42-40-38-35-33-31-29-26-23-20-17-14-11-8-2/h11,14,19-20,22-23,28-31,34-36,38,42,44,61,64,70-71H,7-10,12-13,15-18,21,24-27,32-33,37,39-41,43,45-60,62-63,65-69H2,1-6H3,(H-,74,76,78,79)/p+1/b14-11-,22-19-,23-20-,30-28-,31-29-,36-34-,38-35-,44-42-,64-61+. The lowest BCUT2D eigenvalue weighted by Crippen LogP contribution is -2.47. The summed E-state index contributed by atoms with van der Waals surface area (Å²) in [6, 6.07) is -0.868. The topological polar surface area (TPSA) is 111 Å². The van der Waals surface area contributed by atoms with Crippen LogP contribution in [-0.2, 0) is 27.9 Å². The number of hydrogen-bond donors (Lipinski definition) is 2. The first kappa shape index (κ1) is 79.7. The molecule has 3 atom stereocenters. The number of carbonyl (C=O) groups is 2. The lowest BCUT2D eigenvalue weighted by atomic mass is 10.0. The second-order valence-corrected chi connectivity index (χ2v) is 25.4. The Morgan fingerprint density at radius 2 is 0.771 bits per heavy atom. The van der Waals surface area contributed by atoms with E-state index in [1.54, 1.807) is 0 Å². The van der Waals surface area contributed by atoms with E-state index in [-0.39, 0.29) is 31.5 Å². The van der Waals surface area contributed by atoms with E-state index >= 15 is 0 Å². The van der Waals surface area contributed by atoms with Gasteiger partial charge in [-0.3, -0.25) is 18.6 Å². The van der Waals surface area contributed by atoms with Crippen molar-refractivity contribution in [2.75, 3.05) is 40.9 Å². The van der Waals surface area contributed by atoms with Crippen LogP contribution in [0.1, 0.15) is 290 Å². The van der Waals surface area contributed by atoms with Gasteiger partial charge in [-0.25, -0.2) is 4.57 Å². The number of nitrogens with zero attached hydrogens (tertiary/aromatic N) is 1. The van der Waals surface area contributed by atoms with Crippen molar-refractivity contribution < 1.29 is 37.3 Å². The van der Waals surface area contributed by atoms with E-state index < -0.39 is 20.0 Å². The molecule has 0 heterocycles. The Balaban J connectivity index is 5.22. The number of likely N-dealkylation sites (N-methyl/N-ethyl adjacent to an activating group) is 1. The van der Waals surface area contributed by atoms with Crippen LogP contribution in [0.5, 0.6) is 0 Å². The van der Waals surface area contributed by atoms with Crippen molar-refractivity contribution in [3.05, 3.63) is 109 Å². The fourth-order valence-electron chi connectivity index (χ4n) is 9.44. The molecule has 3 unspecified atom stereocenters. The fraction of sp³-hybridized carbons (Fsp3) is 0.726. The van der Waals surface area contributed by atoms with Crippen LogP contribution >= 0.6 is 7.82 Å². The average molecular weight is 1180 g/mol. The molecule has 0 radical (unpaired) electrons. The smallest absolute Gasteiger partial charge is 0.456 e. The Bertz CT molecular complexity index is 1790. The highest BCUT2D eigenvalue weighted by Crippen LogP contribution is 2.43. The Hall–Kier alpha value is -3.33. The number of nitrogens with one attached hydrogen (secondary N) is 1. The van der Waals surface area contributed by atoms with E-state index in [1.807, 2.05) is 33.3 Å². The number of hydrogen-bond acceptors (Lipinski definition) is 6. The number of amides is 1. The molecule has 0 aromatic rings. The molecule has 0 aromatic carbocycles. The van der Waals surface area contributed by atoms with Crippen molar-refractivity contribution in [2.24, 2.45) is 0 Å². The van der Waals surface area contributed by atoms with Crippen LogP contribution in [0, 0.1) is 0 Å². The summed E-state index contributed by atoms with van der Waals surface area (Å²) < 4.78 is 30.8. The quantitative estimate of drug-likeness (QED) is 0.0205. The molecule has 83 heavy (non-hydrogen) atoms. The number of quaternary nitrogens is 1. The second kappa shape index (κ2) is 61.7. The van der Waals surface area contributed by atoms with Gasteiger partial charge in [-0.2, -0.15) is 0 Å².